The summed E-state index contributed by atoms with van der Waals surface area (Å²) in [6.45, 7) is 1.79. The fourth-order valence-electron chi connectivity index (χ4n) is 5.30. The number of carbonyl (C=O) groups excluding carboxylic acids is 1. The highest BCUT2D eigenvalue weighted by atomic mass is 32.1. The summed E-state index contributed by atoms with van der Waals surface area (Å²) in [4.78, 5) is 24.9. The molecule has 2 heterocycles. The van der Waals surface area contributed by atoms with Crippen LogP contribution in [-0.2, 0) is 12.8 Å². The van der Waals surface area contributed by atoms with E-state index in [0.29, 0.717) is 23.1 Å². The zero-order chi connectivity index (χ0) is 25.9. The lowest BCUT2D eigenvalue weighted by molar-refractivity contribution is 0.216. The van der Waals surface area contributed by atoms with E-state index in [4.69, 9.17) is 14.5 Å². The molecule has 0 spiro atoms. The number of hydrogen-bond acceptors (Lipinski definition) is 8. The van der Waals surface area contributed by atoms with Gasteiger partial charge in [-0.15, -0.1) is 0 Å². The molecule has 196 valence electrons. The third-order valence-corrected chi connectivity index (χ3v) is 7.82. The molecule has 0 atom stereocenters. The van der Waals surface area contributed by atoms with Crippen LogP contribution in [0.2, 0.25) is 0 Å². The molecular formula is C27H35N7O2S. The van der Waals surface area contributed by atoms with E-state index in [9.17, 15) is 4.79 Å². The molecular weight excluding hydrogens is 486 g/mol. The minimum atomic E-state index is -0.281. The Morgan fingerprint density at radius 3 is 2.51 bits per heavy atom. The Morgan fingerprint density at radius 2 is 1.78 bits per heavy atom. The minimum absolute atomic E-state index is 0.0310. The molecule has 10 heteroatoms. The first-order chi connectivity index (χ1) is 17.9. The number of nitrogens with one attached hydrogen (secondary N) is 2. The zero-order valence-corrected chi connectivity index (χ0v) is 22.6. The lowest BCUT2D eigenvalue weighted by atomic mass is 9.91. The number of urea groups is 1. The van der Waals surface area contributed by atoms with Crippen molar-refractivity contribution < 1.29 is 9.32 Å². The van der Waals surface area contributed by atoms with E-state index in [-0.39, 0.29) is 18.1 Å². The van der Waals surface area contributed by atoms with Crippen LogP contribution in [0.5, 0.6) is 0 Å². The van der Waals surface area contributed by atoms with Gasteiger partial charge in [-0.2, -0.15) is 4.98 Å². The maximum Gasteiger partial charge on any atom is 0.332 e. The average molecular weight is 522 g/mol. The Labute approximate surface area is 223 Å². The molecule has 0 radical (unpaired) electrons. The van der Waals surface area contributed by atoms with E-state index in [0.717, 1.165) is 49.9 Å². The molecule has 37 heavy (non-hydrogen) atoms. The second kappa shape index (κ2) is 11.0. The van der Waals surface area contributed by atoms with Gasteiger partial charge in [-0.1, -0.05) is 48.3 Å². The predicted octanol–water partition coefficient (Wildman–Crippen LogP) is 5.49. The number of rotatable bonds is 6. The van der Waals surface area contributed by atoms with Crippen molar-refractivity contribution in [2.75, 3.05) is 29.6 Å². The summed E-state index contributed by atoms with van der Waals surface area (Å²) >= 11 is 4.57. The first kappa shape index (κ1) is 25.4. The van der Waals surface area contributed by atoms with E-state index < -0.39 is 0 Å². The molecule has 2 aliphatic carbocycles. The maximum atomic E-state index is 13.1. The van der Waals surface area contributed by atoms with Crippen molar-refractivity contribution >= 4 is 36.3 Å². The van der Waals surface area contributed by atoms with Gasteiger partial charge in [0, 0.05) is 37.3 Å². The molecule has 2 aliphatic rings. The Kier molecular flexibility index (Phi) is 7.55. The lowest BCUT2D eigenvalue weighted by Crippen LogP contribution is -2.41. The van der Waals surface area contributed by atoms with Gasteiger partial charge in [0.15, 0.2) is 5.76 Å². The van der Waals surface area contributed by atoms with Crippen molar-refractivity contribution in [3.63, 3.8) is 0 Å². The summed E-state index contributed by atoms with van der Waals surface area (Å²) in [5.41, 5.74) is 4.54. The van der Waals surface area contributed by atoms with Crippen LogP contribution in [-0.4, -0.2) is 51.6 Å². The molecule has 0 aliphatic heterocycles. The maximum absolute atomic E-state index is 13.1. The Bertz CT molecular complexity index is 1240. The van der Waals surface area contributed by atoms with E-state index in [1.807, 2.05) is 44.4 Å². The molecule has 9 nitrogen and oxygen atoms in total. The van der Waals surface area contributed by atoms with Crippen LogP contribution in [0.4, 0.5) is 22.2 Å². The molecule has 2 aromatic heterocycles. The van der Waals surface area contributed by atoms with Gasteiger partial charge in [-0.25, -0.2) is 9.78 Å². The van der Waals surface area contributed by atoms with Gasteiger partial charge in [0.1, 0.15) is 17.2 Å². The topological polar surface area (TPSA) is 99.4 Å². The van der Waals surface area contributed by atoms with Crippen molar-refractivity contribution in [2.45, 2.75) is 70.4 Å². The highest BCUT2D eigenvalue weighted by Crippen LogP contribution is 2.33. The van der Waals surface area contributed by atoms with Crippen LogP contribution in [0, 0.1) is 6.92 Å². The lowest BCUT2D eigenvalue weighted by Gasteiger charge is -2.34. The van der Waals surface area contributed by atoms with Gasteiger partial charge >= 0.3 is 6.03 Å². The number of anilines is 3. The molecule has 2 N–H and O–H groups in total. The predicted molar refractivity (Wildman–Crippen MR) is 149 cm³/mol. The van der Waals surface area contributed by atoms with Gasteiger partial charge in [0.2, 0.25) is 5.95 Å². The fraction of sp³-hybridized carbons (Fsp3) is 0.481. The average Bonchev–Trinajstić information content (AvgIpc) is 3.28. The number of hydrogen-bond donors (Lipinski definition) is 3. The van der Waals surface area contributed by atoms with Crippen molar-refractivity contribution in [1.82, 2.24) is 19.4 Å². The fourth-order valence-corrected chi connectivity index (χ4v) is 5.58. The van der Waals surface area contributed by atoms with Crippen LogP contribution in [0.1, 0.15) is 55.5 Å². The Morgan fingerprint density at radius 1 is 1.05 bits per heavy atom. The van der Waals surface area contributed by atoms with Crippen molar-refractivity contribution in [3.8, 4) is 11.3 Å². The summed E-state index contributed by atoms with van der Waals surface area (Å²) in [6, 6.07) is 9.69. The van der Waals surface area contributed by atoms with Crippen molar-refractivity contribution in [2.24, 2.45) is 0 Å². The number of benzene rings is 1. The normalized spacial score (nSPS) is 19.1. The number of fused-ring (bicyclic) bond motifs is 1. The van der Waals surface area contributed by atoms with E-state index in [2.05, 4.69) is 33.5 Å². The zero-order valence-electron chi connectivity index (χ0n) is 21.7. The van der Waals surface area contributed by atoms with E-state index >= 15 is 0 Å². The van der Waals surface area contributed by atoms with Gasteiger partial charge in [0.05, 0.1) is 5.69 Å². The second-order valence-corrected chi connectivity index (χ2v) is 10.6. The molecule has 0 saturated heterocycles. The Balaban J connectivity index is 1.20. The van der Waals surface area contributed by atoms with Crippen molar-refractivity contribution in [1.29, 1.82) is 0 Å². The van der Waals surface area contributed by atoms with Gasteiger partial charge in [-0.3, -0.25) is 4.31 Å². The number of carbonyl (C=O) groups is 1. The number of aromatic nitrogens is 3. The van der Waals surface area contributed by atoms with Crippen LogP contribution < -0.4 is 15.5 Å². The third kappa shape index (κ3) is 5.53. The summed E-state index contributed by atoms with van der Waals surface area (Å²) in [5, 5.41) is 10.7. The second-order valence-electron chi connectivity index (χ2n) is 10.2. The first-order valence-electron chi connectivity index (χ1n) is 13.0. The van der Waals surface area contributed by atoms with Crippen LogP contribution in [0.25, 0.3) is 11.3 Å². The quantitative estimate of drug-likeness (QED) is 0.369. The van der Waals surface area contributed by atoms with Crippen LogP contribution in [0.3, 0.4) is 0 Å². The van der Waals surface area contributed by atoms with Crippen LogP contribution in [0.15, 0.2) is 34.9 Å². The molecule has 2 amide bonds. The third-order valence-electron chi connectivity index (χ3n) is 7.31. The molecule has 3 aromatic rings. The van der Waals surface area contributed by atoms with E-state index in [1.54, 1.807) is 6.92 Å². The standard InChI is InChI=1S/C27H35N7O2S/c1-17-23(24(32-36-17)18-9-5-4-6-10-18)30-27(35)34(37)20-15-13-19(14-16-20)28-26-29-22-12-8-7-11-21(22)25(31-26)33(2)3/h4-6,9-10,19-20,37H,7-8,11-16H2,1-3H3,(H,30,35)(H,28,29,31). The van der Waals surface area contributed by atoms with Gasteiger partial charge < -0.3 is 20.1 Å². The number of amides is 2. The monoisotopic (exact) mass is 521 g/mol. The summed E-state index contributed by atoms with van der Waals surface area (Å²) in [6.07, 6.45) is 7.95. The first-order valence-corrected chi connectivity index (χ1v) is 13.4. The van der Waals surface area contributed by atoms with Crippen LogP contribution >= 0.6 is 12.8 Å². The number of thiol groups is 1. The molecule has 0 bridgehead atoms. The minimum Gasteiger partial charge on any atom is -0.362 e. The Hall–Kier alpha value is -3.27. The number of nitrogens with zero attached hydrogens (tertiary/aromatic N) is 5. The van der Waals surface area contributed by atoms with Gasteiger partial charge in [-0.05, 0) is 58.3 Å². The van der Waals surface area contributed by atoms with E-state index in [1.165, 1.54) is 28.4 Å². The molecule has 5 rings (SSSR count). The SMILES string of the molecule is Cc1onc(-c2ccccc2)c1NC(=O)N(S)C1CCC(Nc2nc3c(c(N(C)C)n2)CCCC3)CC1. The highest BCUT2D eigenvalue weighted by molar-refractivity contribution is 7.78. The summed E-state index contributed by atoms with van der Waals surface area (Å²) in [5.74, 6) is 2.30. The summed E-state index contributed by atoms with van der Waals surface area (Å²) < 4.78 is 6.88. The highest BCUT2D eigenvalue weighted by Gasteiger charge is 2.29. The number of aryl methyl sites for hydroxylation is 2. The smallest absolute Gasteiger partial charge is 0.332 e. The largest absolute Gasteiger partial charge is 0.362 e. The van der Waals surface area contributed by atoms with Gasteiger partial charge in [0.25, 0.3) is 0 Å². The molecule has 1 aromatic carbocycles. The molecule has 1 saturated carbocycles. The molecule has 1 fully saturated rings. The molecule has 0 unspecified atom stereocenters. The summed E-state index contributed by atoms with van der Waals surface area (Å²) in [7, 11) is 4.09. The van der Waals surface area contributed by atoms with Crippen molar-refractivity contribution in [3.05, 3.63) is 47.3 Å².